The van der Waals surface area contributed by atoms with Crippen LogP contribution in [-0.2, 0) is 11.0 Å². The number of urea groups is 1. The van der Waals surface area contributed by atoms with Crippen LogP contribution in [0.1, 0.15) is 19.4 Å². The maximum absolute atomic E-state index is 12.8. The molecule has 0 atom stereocenters. The van der Waals surface area contributed by atoms with Gasteiger partial charge in [-0.3, -0.25) is 15.0 Å². The van der Waals surface area contributed by atoms with Crippen molar-refractivity contribution in [3.8, 4) is 0 Å². The van der Waals surface area contributed by atoms with Gasteiger partial charge in [-0.25, -0.2) is 4.79 Å². The zero-order valence-electron chi connectivity index (χ0n) is 14.8. The molecule has 1 aromatic rings. The quantitative estimate of drug-likeness (QED) is 0.849. The summed E-state index contributed by atoms with van der Waals surface area (Å²) in [6.45, 7) is 5.71. The Balaban J connectivity index is 1.84. The number of rotatable bonds is 4. The number of carbonyl (C=O) groups is 2. The van der Waals surface area contributed by atoms with Crippen molar-refractivity contribution in [2.45, 2.75) is 26.1 Å². The van der Waals surface area contributed by atoms with E-state index in [1.54, 1.807) is 19.9 Å². The first-order valence-corrected chi connectivity index (χ1v) is 8.40. The largest absolute Gasteiger partial charge is 0.416 e. The van der Waals surface area contributed by atoms with E-state index in [0.717, 1.165) is 12.1 Å². The molecule has 3 amide bonds. The number of anilines is 1. The highest BCUT2D eigenvalue weighted by Gasteiger charge is 2.31. The Labute approximate surface area is 150 Å². The smallest absolute Gasteiger partial charge is 0.369 e. The van der Waals surface area contributed by atoms with Crippen molar-refractivity contribution in [2.24, 2.45) is 0 Å². The van der Waals surface area contributed by atoms with Gasteiger partial charge in [-0.15, -0.1) is 0 Å². The summed E-state index contributed by atoms with van der Waals surface area (Å²) in [4.78, 5) is 27.1. The molecule has 0 bridgehead atoms. The first kappa shape index (κ1) is 20.0. The molecule has 1 saturated heterocycles. The van der Waals surface area contributed by atoms with Crippen LogP contribution < -0.4 is 15.5 Å². The molecular weight excluding hydrogens is 349 g/mol. The number of halogens is 3. The van der Waals surface area contributed by atoms with E-state index >= 15 is 0 Å². The van der Waals surface area contributed by atoms with Crippen LogP contribution >= 0.6 is 0 Å². The Bertz CT molecular complexity index is 641. The lowest BCUT2D eigenvalue weighted by Crippen LogP contribution is -2.51. The number of alkyl halides is 3. The topological polar surface area (TPSA) is 64.7 Å². The molecule has 0 aliphatic carbocycles. The number of nitrogens with one attached hydrogen (secondary N) is 2. The zero-order valence-corrected chi connectivity index (χ0v) is 14.8. The second kappa shape index (κ2) is 8.39. The molecule has 0 spiro atoms. The Kier molecular flexibility index (Phi) is 6.47. The summed E-state index contributed by atoms with van der Waals surface area (Å²) < 4.78 is 38.5. The van der Waals surface area contributed by atoms with Gasteiger partial charge in [0.25, 0.3) is 0 Å². The molecule has 9 heteroatoms. The number of hydrogen-bond donors (Lipinski definition) is 2. The summed E-state index contributed by atoms with van der Waals surface area (Å²) >= 11 is 0. The van der Waals surface area contributed by atoms with E-state index in [2.05, 4.69) is 10.6 Å². The molecule has 144 valence electrons. The van der Waals surface area contributed by atoms with Crippen molar-refractivity contribution in [1.29, 1.82) is 0 Å². The third kappa shape index (κ3) is 5.91. The fraction of sp³-hybridized carbons (Fsp3) is 0.529. The molecule has 1 heterocycles. The predicted molar refractivity (Wildman–Crippen MR) is 91.9 cm³/mol. The fourth-order valence-corrected chi connectivity index (χ4v) is 2.71. The Morgan fingerprint density at radius 3 is 2.38 bits per heavy atom. The van der Waals surface area contributed by atoms with Crippen molar-refractivity contribution in [3.63, 3.8) is 0 Å². The van der Waals surface area contributed by atoms with Gasteiger partial charge in [0.05, 0.1) is 12.1 Å². The maximum Gasteiger partial charge on any atom is 0.416 e. The van der Waals surface area contributed by atoms with Crippen LogP contribution in [0.15, 0.2) is 24.3 Å². The lowest BCUT2D eigenvalue weighted by Gasteiger charge is -2.35. The Hall–Kier alpha value is -2.29. The van der Waals surface area contributed by atoms with Gasteiger partial charge in [-0.2, -0.15) is 13.2 Å². The highest BCUT2D eigenvalue weighted by atomic mass is 19.4. The van der Waals surface area contributed by atoms with Gasteiger partial charge in [-0.1, -0.05) is 6.07 Å². The van der Waals surface area contributed by atoms with E-state index in [9.17, 15) is 22.8 Å². The van der Waals surface area contributed by atoms with Crippen molar-refractivity contribution < 1.29 is 22.8 Å². The molecule has 6 nitrogen and oxygen atoms in total. The SMILES string of the molecule is CC(C)NC(=O)NC(=O)CN1CCN(c2cccc(C(F)(F)F)c2)CC1. The lowest BCUT2D eigenvalue weighted by atomic mass is 10.1. The summed E-state index contributed by atoms with van der Waals surface area (Å²) in [5.41, 5.74) is -0.159. The third-order valence-electron chi connectivity index (χ3n) is 3.95. The average molecular weight is 372 g/mol. The number of hydrogen-bond acceptors (Lipinski definition) is 4. The van der Waals surface area contributed by atoms with Gasteiger partial charge in [-0.05, 0) is 32.0 Å². The number of piperazine rings is 1. The first-order chi connectivity index (χ1) is 12.1. The molecule has 26 heavy (non-hydrogen) atoms. The lowest BCUT2D eigenvalue weighted by molar-refractivity contribution is -0.137. The maximum atomic E-state index is 12.8. The van der Waals surface area contributed by atoms with Gasteiger partial charge in [0.2, 0.25) is 5.91 Å². The summed E-state index contributed by atoms with van der Waals surface area (Å²) in [7, 11) is 0. The first-order valence-electron chi connectivity index (χ1n) is 8.40. The average Bonchev–Trinajstić information content (AvgIpc) is 2.54. The third-order valence-corrected chi connectivity index (χ3v) is 3.95. The number of imide groups is 1. The molecule has 0 saturated carbocycles. The molecule has 2 rings (SSSR count). The second-order valence-corrected chi connectivity index (χ2v) is 6.49. The molecule has 1 aliphatic rings. The normalized spacial score (nSPS) is 15.8. The minimum Gasteiger partial charge on any atom is -0.369 e. The summed E-state index contributed by atoms with van der Waals surface area (Å²) in [6, 6.07) is 4.62. The Morgan fingerprint density at radius 1 is 1.15 bits per heavy atom. The van der Waals surface area contributed by atoms with Crippen molar-refractivity contribution in [2.75, 3.05) is 37.6 Å². The molecule has 1 aliphatic heterocycles. The van der Waals surface area contributed by atoms with E-state index in [4.69, 9.17) is 0 Å². The van der Waals surface area contributed by atoms with Gasteiger partial charge in [0.15, 0.2) is 0 Å². The number of nitrogens with zero attached hydrogens (tertiary/aromatic N) is 2. The standard InChI is InChI=1S/C17H23F3N4O2/c1-12(2)21-16(26)22-15(25)11-23-6-8-24(9-7-23)14-5-3-4-13(10-14)17(18,19)20/h3-5,10,12H,6-9,11H2,1-2H3,(H2,21,22,25,26). The van der Waals surface area contributed by atoms with Crippen LogP contribution in [0, 0.1) is 0 Å². The van der Waals surface area contributed by atoms with E-state index in [-0.39, 0.29) is 12.6 Å². The van der Waals surface area contributed by atoms with Gasteiger partial charge < -0.3 is 10.2 Å². The predicted octanol–water partition coefficient (Wildman–Crippen LogP) is 2.06. The van der Waals surface area contributed by atoms with Crippen LogP contribution in [0.5, 0.6) is 0 Å². The molecule has 0 aromatic heterocycles. The zero-order chi connectivity index (χ0) is 19.3. The van der Waals surface area contributed by atoms with E-state index in [0.29, 0.717) is 31.9 Å². The molecule has 1 aromatic carbocycles. The van der Waals surface area contributed by atoms with Crippen LogP contribution in [0.2, 0.25) is 0 Å². The van der Waals surface area contributed by atoms with Gasteiger partial charge in [0.1, 0.15) is 0 Å². The molecule has 0 radical (unpaired) electrons. The second-order valence-electron chi connectivity index (χ2n) is 6.49. The van der Waals surface area contributed by atoms with Gasteiger partial charge >= 0.3 is 12.2 Å². The van der Waals surface area contributed by atoms with E-state index in [1.807, 2.05) is 9.80 Å². The highest BCUT2D eigenvalue weighted by molar-refractivity contribution is 5.95. The minimum absolute atomic E-state index is 0.0705. The summed E-state index contributed by atoms with van der Waals surface area (Å²) in [6.07, 6.45) is -4.37. The van der Waals surface area contributed by atoms with Crippen LogP contribution in [0.3, 0.4) is 0 Å². The molecule has 0 unspecified atom stereocenters. The van der Waals surface area contributed by atoms with E-state index in [1.165, 1.54) is 6.07 Å². The summed E-state index contributed by atoms with van der Waals surface area (Å²) in [5, 5.41) is 4.82. The number of amides is 3. The Morgan fingerprint density at radius 2 is 1.81 bits per heavy atom. The fourth-order valence-electron chi connectivity index (χ4n) is 2.71. The minimum atomic E-state index is -4.37. The van der Waals surface area contributed by atoms with Crippen molar-refractivity contribution in [3.05, 3.63) is 29.8 Å². The number of benzene rings is 1. The molecule has 1 fully saturated rings. The summed E-state index contributed by atoms with van der Waals surface area (Å²) in [5.74, 6) is -0.407. The van der Waals surface area contributed by atoms with Crippen LogP contribution in [-0.4, -0.2) is 55.6 Å². The molecular formula is C17H23F3N4O2. The molecule has 2 N–H and O–H groups in total. The van der Waals surface area contributed by atoms with Gasteiger partial charge in [0, 0.05) is 37.9 Å². The van der Waals surface area contributed by atoms with Crippen LogP contribution in [0.4, 0.5) is 23.7 Å². The van der Waals surface area contributed by atoms with Crippen LogP contribution in [0.25, 0.3) is 0 Å². The monoisotopic (exact) mass is 372 g/mol. The number of carbonyl (C=O) groups excluding carboxylic acids is 2. The van der Waals surface area contributed by atoms with Crippen molar-refractivity contribution >= 4 is 17.6 Å². The van der Waals surface area contributed by atoms with Crippen molar-refractivity contribution in [1.82, 2.24) is 15.5 Å². The highest BCUT2D eigenvalue weighted by Crippen LogP contribution is 2.31. The van der Waals surface area contributed by atoms with E-state index < -0.39 is 23.7 Å².